The number of benzene rings is 2. The van der Waals surface area contributed by atoms with E-state index in [0.29, 0.717) is 28.3 Å². The average Bonchev–Trinajstić information content (AvgIpc) is 3.21. The molecule has 0 saturated heterocycles. The second-order valence-electron chi connectivity index (χ2n) is 6.11. The van der Waals surface area contributed by atoms with Crippen molar-refractivity contribution in [3.63, 3.8) is 0 Å². The maximum atomic E-state index is 12.8. The van der Waals surface area contributed by atoms with Gasteiger partial charge in [-0.25, -0.2) is 0 Å². The monoisotopic (exact) mass is 405 g/mol. The zero-order valence-corrected chi connectivity index (χ0v) is 15.6. The zero-order valence-electron chi connectivity index (χ0n) is 15.6. The first-order valence-electron chi connectivity index (χ1n) is 8.54. The van der Waals surface area contributed by atoms with Gasteiger partial charge in [0, 0.05) is 18.2 Å². The van der Waals surface area contributed by atoms with Gasteiger partial charge in [-0.3, -0.25) is 9.89 Å². The summed E-state index contributed by atoms with van der Waals surface area (Å²) in [5, 5.41) is 9.32. The summed E-state index contributed by atoms with van der Waals surface area (Å²) in [5.41, 5.74) is 0.879. The summed E-state index contributed by atoms with van der Waals surface area (Å²) >= 11 is 0. The standard InChI is InChI=1S/C20H18F3N3O3/c1-28-14-6-7-15(18(9-14)29-2)16-10-17(26-25-16)19(27)24-11-12-4-3-5-13(8-12)20(21,22)23/h3-10H,11H2,1-2H3,(H,24,27)(H,25,26). The number of hydrogen-bond donors (Lipinski definition) is 2. The Labute approximate surface area is 164 Å². The first-order chi connectivity index (χ1) is 13.8. The molecule has 1 aromatic heterocycles. The minimum atomic E-state index is -4.43. The molecule has 0 bridgehead atoms. The average molecular weight is 405 g/mol. The van der Waals surface area contributed by atoms with E-state index in [0.717, 1.165) is 12.1 Å². The number of nitrogens with zero attached hydrogens (tertiary/aromatic N) is 1. The van der Waals surface area contributed by atoms with Crippen molar-refractivity contribution in [1.82, 2.24) is 15.5 Å². The van der Waals surface area contributed by atoms with Crippen LogP contribution in [0.15, 0.2) is 48.5 Å². The van der Waals surface area contributed by atoms with E-state index in [-0.39, 0.29) is 12.2 Å². The highest BCUT2D eigenvalue weighted by molar-refractivity contribution is 5.93. The molecular weight excluding hydrogens is 387 g/mol. The number of halogens is 3. The Morgan fingerprint density at radius 1 is 1.10 bits per heavy atom. The smallest absolute Gasteiger partial charge is 0.416 e. The van der Waals surface area contributed by atoms with Gasteiger partial charge in [-0.05, 0) is 35.9 Å². The minimum absolute atomic E-state index is 0.0526. The van der Waals surface area contributed by atoms with E-state index >= 15 is 0 Å². The molecule has 9 heteroatoms. The summed E-state index contributed by atoms with van der Waals surface area (Å²) in [4.78, 5) is 12.3. The van der Waals surface area contributed by atoms with Crippen LogP contribution >= 0.6 is 0 Å². The van der Waals surface area contributed by atoms with Crippen LogP contribution in [0.5, 0.6) is 11.5 Å². The largest absolute Gasteiger partial charge is 0.497 e. The Balaban J connectivity index is 1.72. The van der Waals surface area contributed by atoms with Crippen LogP contribution in [0.4, 0.5) is 13.2 Å². The lowest BCUT2D eigenvalue weighted by Gasteiger charge is -2.09. The number of ether oxygens (including phenoxy) is 2. The number of carbonyl (C=O) groups excluding carboxylic acids is 1. The van der Waals surface area contributed by atoms with Gasteiger partial charge in [-0.1, -0.05) is 12.1 Å². The van der Waals surface area contributed by atoms with E-state index in [2.05, 4.69) is 15.5 Å². The van der Waals surface area contributed by atoms with Crippen LogP contribution in [0.25, 0.3) is 11.3 Å². The molecule has 0 radical (unpaired) electrons. The molecule has 0 atom stereocenters. The third kappa shape index (κ3) is 4.68. The van der Waals surface area contributed by atoms with Gasteiger partial charge in [0.1, 0.15) is 17.2 Å². The van der Waals surface area contributed by atoms with Crippen LogP contribution in [0.3, 0.4) is 0 Å². The number of hydrogen-bond acceptors (Lipinski definition) is 4. The van der Waals surface area contributed by atoms with E-state index in [4.69, 9.17) is 9.47 Å². The number of nitrogens with one attached hydrogen (secondary N) is 2. The lowest BCUT2D eigenvalue weighted by Crippen LogP contribution is -2.23. The maximum Gasteiger partial charge on any atom is 0.416 e. The molecule has 2 aromatic carbocycles. The molecule has 0 aliphatic carbocycles. The van der Waals surface area contributed by atoms with Crippen LogP contribution in [0.2, 0.25) is 0 Å². The topological polar surface area (TPSA) is 76.2 Å². The van der Waals surface area contributed by atoms with Crippen LogP contribution < -0.4 is 14.8 Å². The summed E-state index contributed by atoms with van der Waals surface area (Å²) < 4.78 is 48.8. The molecule has 6 nitrogen and oxygen atoms in total. The number of rotatable bonds is 6. The molecular formula is C20H18F3N3O3. The molecule has 1 amide bonds. The Hall–Kier alpha value is -3.49. The molecule has 152 valence electrons. The van der Waals surface area contributed by atoms with Gasteiger partial charge in [0.2, 0.25) is 0 Å². The van der Waals surface area contributed by atoms with Crippen molar-refractivity contribution in [3.05, 3.63) is 65.4 Å². The number of amides is 1. The van der Waals surface area contributed by atoms with Gasteiger partial charge in [0.25, 0.3) is 5.91 Å². The van der Waals surface area contributed by atoms with Gasteiger partial charge in [0.05, 0.1) is 25.5 Å². The minimum Gasteiger partial charge on any atom is -0.497 e. The van der Waals surface area contributed by atoms with Gasteiger partial charge in [0.15, 0.2) is 0 Å². The number of aromatic nitrogens is 2. The van der Waals surface area contributed by atoms with Crippen LogP contribution in [-0.2, 0) is 12.7 Å². The molecule has 1 heterocycles. The van der Waals surface area contributed by atoms with E-state index in [1.807, 2.05) is 0 Å². The van der Waals surface area contributed by atoms with E-state index < -0.39 is 17.6 Å². The fourth-order valence-electron chi connectivity index (χ4n) is 2.72. The van der Waals surface area contributed by atoms with Gasteiger partial charge < -0.3 is 14.8 Å². The second kappa shape index (κ2) is 8.26. The summed E-state index contributed by atoms with van der Waals surface area (Å²) in [5.74, 6) is 0.639. The second-order valence-corrected chi connectivity index (χ2v) is 6.11. The third-order valence-electron chi connectivity index (χ3n) is 4.21. The Kier molecular flexibility index (Phi) is 5.76. The zero-order chi connectivity index (χ0) is 21.0. The summed E-state index contributed by atoms with van der Waals surface area (Å²) in [6.45, 7) is -0.0526. The Morgan fingerprint density at radius 2 is 1.90 bits per heavy atom. The van der Waals surface area contributed by atoms with Crippen LogP contribution in [0.1, 0.15) is 21.6 Å². The number of aromatic amines is 1. The molecule has 2 N–H and O–H groups in total. The lowest BCUT2D eigenvalue weighted by molar-refractivity contribution is -0.137. The fourth-order valence-corrected chi connectivity index (χ4v) is 2.72. The van der Waals surface area contributed by atoms with Crippen molar-refractivity contribution in [2.24, 2.45) is 0 Å². The van der Waals surface area contributed by atoms with Crippen LogP contribution in [-0.4, -0.2) is 30.3 Å². The van der Waals surface area contributed by atoms with Crippen molar-refractivity contribution < 1.29 is 27.4 Å². The molecule has 0 fully saturated rings. The Bertz CT molecular complexity index is 1020. The van der Waals surface area contributed by atoms with Gasteiger partial charge >= 0.3 is 6.18 Å². The predicted octanol–water partition coefficient (Wildman–Crippen LogP) is 4.04. The third-order valence-corrected chi connectivity index (χ3v) is 4.21. The number of H-pyrrole nitrogens is 1. The molecule has 0 aliphatic rings. The Morgan fingerprint density at radius 3 is 2.59 bits per heavy atom. The van der Waals surface area contributed by atoms with Crippen molar-refractivity contribution in [3.8, 4) is 22.8 Å². The van der Waals surface area contributed by atoms with Gasteiger partial charge in [-0.2, -0.15) is 18.3 Å². The van der Waals surface area contributed by atoms with Crippen molar-refractivity contribution >= 4 is 5.91 Å². The fraction of sp³-hybridized carbons (Fsp3) is 0.200. The first kappa shape index (κ1) is 20.2. The first-order valence-corrected chi connectivity index (χ1v) is 8.54. The SMILES string of the molecule is COc1ccc(-c2cc(C(=O)NCc3cccc(C(F)(F)F)c3)[nH]n2)c(OC)c1. The number of alkyl halides is 3. The summed E-state index contributed by atoms with van der Waals surface area (Å²) in [7, 11) is 3.05. The highest BCUT2D eigenvalue weighted by Crippen LogP contribution is 2.32. The van der Waals surface area contributed by atoms with Crippen molar-refractivity contribution in [2.45, 2.75) is 12.7 Å². The quantitative estimate of drug-likeness (QED) is 0.649. The molecule has 0 unspecified atom stereocenters. The molecule has 3 rings (SSSR count). The highest BCUT2D eigenvalue weighted by atomic mass is 19.4. The predicted molar refractivity (Wildman–Crippen MR) is 99.7 cm³/mol. The summed E-state index contributed by atoms with van der Waals surface area (Å²) in [6.07, 6.45) is -4.43. The molecule has 3 aromatic rings. The van der Waals surface area contributed by atoms with Crippen LogP contribution in [0, 0.1) is 0 Å². The normalized spacial score (nSPS) is 11.2. The van der Waals surface area contributed by atoms with E-state index in [1.165, 1.54) is 32.4 Å². The molecule has 0 aliphatic heterocycles. The highest BCUT2D eigenvalue weighted by Gasteiger charge is 2.30. The lowest BCUT2D eigenvalue weighted by atomic mass is 10.1. The van der Waals surface area contributed by atoms with E-state index in [9.17, 15) is 18.0 Å². The molecule has 0 saturated carbocycles. The van der Waals surface area contributed by atoms with Crippen molar-refractivity contribution in [2.75, 3.05) is 14.2 Å². The number of carbonyl (C=O) groups is 1. The van der Waals surface area contributed by atoms with E-state index in [1.54, 1.807) is 18.2 Å². The van der Waals surface area contributed by atoms with Gasteiger partial charge in [-0.15, -0.1) is 0 Å². The summed E-state index contributed by atoms with van der Waals surface area (Å²) in [6, 6.07) is 11.5. The van der Waals surface area contributed by atoms with Crippen molar-refractivity contribution in [1.29, 1.82) is 0 Å². The number of methoxy groups -OCH3 is 2. The maximum absolute atomic E-state index is 12.8. The molecule has 29 heavy (non-hydrogen) atoms. The molecule has 0 spiro atoms.